The highest BCUT2D eigenvalue weighted by Crippen LogP contribution is 2.23. The van der Waals surface area contributed by atoms with Gasteiger partial charge in [0.2, 0.25) is 0 Å². The lowest BCUT2D eigenvalue weighted by atomic mass is 10.1. The van der Waals surface area contributed by atoms with Gasteiger partial charge in [0.25, 0.3) is 11.7 Å². The minimum absolute atomic E-state index is 0.0139. The van der Waals surface area contributed by atoms with Gasteiger partial charge in [-0.2, -0.15) is 9.67 Å². The van der Waals surface area contributed by atoms with Crippen molar-refractivity contribution in [1.82, 2.24) is 15.6 Å². The zero-order chi connectivity index (χ0) is 25.5. The summed E-state index contributed by atoms with van der Waals surface area (Å²) in [6.07, 6.45) is 1.26. The molecule has 4 aromatic rings. The normalized spacial score (nSPS) is 10.9. The molecule has 0 aliphatic rings. The maximum absolute atomic E-state index is 12.4. The van der Waals surface area contributed by atoms with E-state index in [1.165, 1.54) is 24.0 Å². The standard InChI is InChI=1S/C25H20ClN5O4S/c1-35-20-12-6-16(7-13-20)23-29-30-25(31(23)19-10-8-18(26)9-11-19)36-15-22(32)28-27-14-17-4-2-3-5-21(17)24(33)34/h2-14H,15H2,1H3,(H2,28,32,33,34)/b27-14+. The Labute approximate surface area is 215 Å². The molecule has 182 valence electrons. The number of hydrazone groups is 1. The first-order valence-electron chi connectivity index (χ1n) is 10.6. The number of methoxy groups -OCH3 is 1. The molecular weight excluding hydrogens is 502 g/mol. The van der Waals surface area contributed by atoms with E-state index in [9.17, 15) is 14.7 Å². The SMILES string of the molecule is COc1ccc(-c2[nH]nc(SCC(=O)N/N=C/c3ccccc3C(=O)[O-])[n+]2-c2ccc(Cl)cc2)cc1. The van der Waals surface area contributed by atoms with Gasteiger partial charge in [-0.3, -0.25) is 4.79 Å². The Morgan fingerprint density at radius 3 is 2.56 bits per heavy atom. The van der Waals surface area contributed by atoms with Crippen molar-refractivity contribution < 1.29 is 24.0 Å². The van der Waals surface area contributed by atoms with Crippen LogP contribution in [-0.4, -0.2) is 41.2 Å². The fourth-order valence-electron chi connectivity index (χ4n) is 3.30. The summed E-state index contributed by atoms with van der Waals surface area (Å²) in [6.45, 7) is 0. The first kappa shape index (κ1) is 25.0. The molecule has 0 radical (unpaired) electrons. The predicted octanol–water partition coefficient (Wildman–Crippen LogP) is 2.62. The Kier molecular flexibility index (Phi) is 7.99. The second-order valence-electron chi connectivity index (χ2n) is 7.35. The zero-order valence-electron chi connectivity index (χ0n) is 19.0. The minimum Gasteiger partial charge on any atom is -0.545 e. The van der Waals surface area contributed by atoms with Crippen LogP contribution >= 0.6 is 23.4 Å². The van der Waals surface area contributed by atoms with Crippen molar-refractivity contribution in [3.8, 4) is 22.8 Å². The molecule has 0 atom stereocenters. The van der Waals surface area contributed by atoms with Crippen molar-refractivity contribution in [2.75, 3.05) is 12.9 Å². The molecule has 0 saturated heterocycles. The van der Waals surface area contributed by atoms with E-state index >= 15 is 0 Å². The predicted molar refractivity (Wildman–Crippen MR) is 134 cm³/mol. The van der Waals surface area contributed by atoms with Crippen LogP contribution in [0.1, 0.15) is 15.9 Å². The van der Waals surface area contributed by atoms with E-state index in [2.05, 4.69) is 20.7 Å². The molecule has 3 aromatic carbocycles. The van der Waals surface area contributed by atoms with Crippen LogP contribution in [-0.2, 0) is 4.79 Å². The Bertz CT molecular complexity index is 1400. The molecule has 1 heterocycles. The highest BCUT2D eigenvalue weighted by atomic mass is 35.5. The Balaban J connectivity index is 1.51. The van der Waals surface area contributed by atoms with Crippen LogP contribution in [0.2, 0.25) is 5.02 Å². The van der Waals surface area contributed by atoms with Crippen molar-refractivity contribution >= 4 is 41.5 Å². The summed E-state index contributed by atoms with van der Waals surface area (Å²) < 4.78 is 7.13. The zero-order valence-corrected chi connectivity index (χ0v) is 20.5. The van der Waals surface area contributed by atoms with Gasteiger partial charge in [0.05, 0.1) is 35.7 Å². The van der Waals surface area contributed by atoms with Gasteiger partial charge in [-0.15, -0.1) is 5.10 Å². The van der Waals surface area contributed by atoms with Gasteiger partial charge < -0.3 is 14.6 Å². The number of amides is 1. The van der Waals surface area contributed by atoms with Crippen molar-refractivity contribution in [1.29, 1.82) is 0 Å². The number of aromatic amines is 1. The van der Waals surface area contributed by atoms with E-state index in [-0.39, 0.29) is 17.2 Å². The molecule has 0 aliphatic heterocycles. The van der Waals surface area contributed by atoms with Crippen LogP contribution in [0, 0.1) is 0 Å². The van der Waals surface area contributed by atoms with E-state index in [4.69, 9.17) is 16.3 Å². The summed E-state index contributed by atoms with van der Waals surface area (Å²) in [5, 5.41) is 23.7. The summed E-state index contributed by atoms with van der Waals surface area (Å²) in [5.41, 5.74) is 4.38. The molecule has 0 unspecified atom stereocenters. The van der Waals surface area contributed by atoms with Crippen molar-refractivity contribution in [3.05, 3.63) is 88.9 Å². The third kappa shape index (κ3) is 5.91. The fraction of sp³-hybridized carbons (Fsp3) is 0.0800. The molecule has 0 bridgehead atoms. The number of nitrogens with zero attached hydrogens (tertiary/aromatic N) is 3. The first-order valence-corrected chi connectivity index (χ1v) is 12.0. The number of aromatic nitrogens is 3. The molecule has 11 heteroatoms. The van der Waals surface area contributed by atoms with Crippen molar-refractivity contribution in [2.24, 2.45) is 5.10 Å². The van der Waals surface area contributed by atoms with Gasteiger partial charge in [-0.25, -0.2) is 5.43 Å². The molecule has 1 aromatic heterocycles. The Morgan fingerprint density at radius 2 is 1.86 bits per heavy atom. The summed E-state index contributed by atoms with van der Waals surface area (Å²) in [5.74, 6) is -0.263. The molecule has 0 aliphatic carbocycles. The van der Waals surface area contributed by atoms with Crippen LogP contribution in [0.4, 0.5) is 0 Å². The summed E-state index contributed by atoms with van der Waals surface area (Å²) >= 11 is 7.28. The number of carboxylic acid groups (broad SMARTS) is 1. The number of hydrogen-bond donors (Lipinski definition) is 2. The summed E-state index contributed by atoms with van der Waals surface area (Å²) in [4.78, 5) is 23.6. The molecule has 0 fully saturated rings. The van der Waals surface area contributed by atoms with E-state index in [1.807, 2.05) is 41.0 Å². The van der Waals surface area contributed by atoms with Gasteiger partial charge in [0, 0.05) is 16.1 Å². The quantitative estimate of drug-likeness (QED) is 0.151. The Morgan fingerprint density at radius 1 is 1.14 bits per heavy atom. The lowest BCUT2D eigenvalue weighted by Gasteiger charge is -2.06. The molecule has 2 N–H and O–H groups in total. The van der Waals surface area contributed by atoms with Gasteiger partial charge in [-0.05, 0) is 60.3 Å². The molecule has 9 nitrogen and oxygen atoms in total. The maximum atomic E-state index is 12.4. The second kappa shape index (κ2) is 11.5. The molecule has 0 saturated carbocycles. The van der Waals surface area contributed by atoms with Crippen molar-refractivity contribution in [3.63, 3.8) is 0 Å². The number of rotatable bonds is 9. The number of thioether (sulfide) groups is 1. The van der Waals surface area contributed by atoms with Gasteiger partial charge in [0.1, 0.15) is 11.4 Å². The highest BCUT2D eigenvalue weighted by molar-refractivity contribution is 7.99. The Hall–Kier alpha value is -4.15. The topological polar surface area (TPSA) is 123 Å². The number of nitrogens with one attached hydrogen (secondary N) is 2. The number of H-pyrrole nitrogens is 1. The number of halogens is 1. The summed E-state index contributed by atoms with van der Waals surface area (Å²) in [6, 6.07) is 21.0. The third-order valence-corrected chi connectivity index (χ3v) is 6.22. The number of benzene rings is 3. The number of ether oxygens (including phenoxy) is 1. The molecular formula is C25H20ClN5O4S. The smallest absolute Gasteiger partial charge is 0.342 e. The number of carbonyl (C=O) groups excluding carboxylic acids is 2. The highest BCUT2D eigenvalue weighted by Gasteiger charge is 2.24. The molecule has 1 amide bonds. The van der Waals surface area contributed by atoms with Crippen LogP contribution in [0.3, 0.4) is 0 Å². The van der Waals surface area contributed by atoms with Crippen LogP contribution in [0.5, 0.6) is 5.75 Å². The van der Waals surface area contributed by atoms with E-state index in [0.717, 1.165) is 17.0 Å². The van der Waals surface area contributed by atoms with Crippen molar-refractivity contribution in [2.45, 2.75) is 5.16 Å². The lowest BCUT2D eigenvalue weighted by Crippen LogP contribution is -2.34. The average molecular weight is 522 g/mol. The number of aromatic carboxylic acids is 1. The van der Waals surface area contributed by atoms with E-state index in [0.29, 0.717) is 21.6 Å². The summed E-state index contributed by atoms with van der Waals surface area (Å²) in [7, 11) is 1.60. The lowest BCUT2D eigenvalue weighted by molar-refractivity contribution is -0.625. The molecule has 4 rings (SSSR count). The van der Waals surface area contributed by atoms with E-state index in [1.54, 1.807) is 37.4 Å². The van der Waals surface area contributed by atoms with Gasteiger partial charge in [0.15, 0.2) is 0 Å². The van der Waals surface area contributed by atoms with Crippen LogP contribution in [0.15, 0.2) is 83.1 Å². The number of hydrogen-bond acceptors (Lipinski definition) is 7. The molecule has 0 spiro atoms. The minimum atomic E-state index is -1.32. The third-order valence-electron chi connectivity index (χ3n) is 5.03. The van der Waals surface area contributed by atoms with Gasteiger partial charge in [-0.1, -0.05) is 35.9 Å². The number of carboxylic acids is 1. The number of carbonyl (C=O) groups is 2. The fourth-order valence-corrected chi connectivity index (χ4v) is 4.18. The largest absolute Gasteiger partial charge is 0.545 e. The molecule has 36 heavy (non-hydrogen) atoms. The second-order valence-corrected chi connectivity index (χ2v) is 8.73. The monoisotopic (exact) mass is 521 g/mol. The first-order chi connectivity index (χ1) is 17.5. The maximum Gasteiger partial charge on any atom is 0.342 e. The van der Waals surface area contributed by atoms with E-state index < -0.39 is 5.97 Å². The average Bonchev–Trinajstić information content (AvgIpc) is 3.32. The van der Waals surface area contributed by atoms with Crippen LogP contribution < -0.4 is 19.8 Å². The van der Waals surface area contributed by atoms with Crippen LogP contribution in [0.25, 0.3) is 17.1 Å². The van der Waals surface area contributed by atoms with Gasteiger partial charge >= 0.3 is 5.16 Å².